The Hall–Kier alpha value is -4.72. The molecule has 14 heteroatoms. The van der Waals surface area contributed by atoms with Crippen LogP contribution >= 0.6 is 0 Å². The molecule has 266 valence electrons. The molecule has 0 N–H and O–H groups in total. The van der Waals surface area contributed by atoms with Gasteiger partial charge in [-0.2, -0.15) is 13.2 Å². The number of nitrogens with zero attached hydrogens (tertiary/aromatic N) is 5. The Labute approximate surface area is 287 Å². The molecule has 50 heavy (non-hydrogen) atoms. The number of benzene rings is 1. The lowest BCUT2D eigenvalue weighted by molar-refractivity contribution is -0.141. The molecule has 2 aliphatic rings. The summed E-state index contributed by atoms with van der Waals surface area (Å²) in [6.07, 6.45) is 0.106. The fourth-order valence-corrected chi connectivity index (χ4v) is 6.50. The molecule has 2 fully saturated rings. The van der Waals surface area contributed by atoms with E-state index >= 15 is 0 Å². The van der Waals surface area contributed by atoms with Gasteiger partial charge in [0.25, 0.3) is 0 Å². The number of hydrogen-bond donors (Lipinski definition) is 0. The van der Waals surface area contributed by atoms with E-state index in [0.29, 0.717) is 85.8 Å². The predicted molar refractivity (Wildman–Crippen MR) is 178 cm³/mol. The molecule has 0 amide bonds. The first-order valence-electron chi connectivity index (χ1n) is 16.8. The molecule has 11 nitrogen and oxygen atoms in total. The fraction of sp³-hybridized carbons (Fsp3) is 0.472. The van der Waals surface area contributed by atoms with Crippen molar-refractivity contribution in [1.82, 2.24) is 19.5 Å². The van der Waals surface area contributed by atoms with Crippen molar-refractivity contribution in [3.05, 3.63) is 65.7 Å². The number of ether oxygens (including phenoxy) is 4. The number of carbonyl (C=O) groups excluding carboxylic acids is 2. The van der Waals surface area contributed by atoms with Gasteiger partial charge in [-0.25, -0.2) is 29.1 Å². The molecule has 0 bridgehead atoms. The summed E-state index contributed by atoms with van der Waals surface area (Å²) < 4.78 is 67.6. The lowest BCUT2D eigenvalue weighted by Crippen LogP contribution is -2.39. The van der Waals surface area contributed by atoms with Gasteiger partial charge in [-0.3, -0.25) is 0 Å². The number of fused-ring (bicyclic) bond motifs is 1. The van der Waals surface area contributed by atoms with Gasteiger partial charge in [0.1, 0.15) is 17.5 Å². The molecule has 0 unspecified atom stereocenters. The zero-order valence-corrected chi connectivity index (χ0v) is 28.5. The van der Waals surface area contributed by atoms with Crippen LogP contribution in [0.2, 0.25) is 0 Å². The lowest BCUT2D eigenvalue weighted by Gasteiger charge is -2.32. The van der Waals surface area contributed by atoms with Crippen LogP contribution in [0.25, 0.3) is 22.2 Å². The van der Waals surface area contributed by atoms with Crippen molar-refractivity contribution in [3.63, 3.8) is 0 Å². The van der Waals surface area contributed by atoms with E-state index in [4.69, 9.17) is 18.9 Å². The van der Waals surface area contributed by atoms with Gasteiger partial charge in [0, 0.05) is 80.2 Å². The summed E-state index contributed by atoms with van der Waals surface area (Å²) in [5.74, 6) is -0.230. The number of piperidine rings is 1. The van der Waals surface area contributed by atoms with Gasteiger partial charge in [0.2, 0.25) is 5.95 Å². The molecule has 0 atom stereocenters. The minimum Gasteiger partial charge on any atom is -0.490 e. The number of carbonyl (C=O) groups is 2. The number of esters is 1. The van der Waals surface area contributed by atoms with Crippen molar-refractivity contribution in [2.45, 2.75) is 77.2 Å². The van der Waals surface area contributed by atoms with Gasteiger partial charge in [-0.15, -0.1) is 0 Å². The molecule has 0 aliphatic carbocycles. The molecule has 1 aromatic carbocycles. The molecule has 2 saturated heterocycles. The van der Waals surface area contributed by atoms with Crippen molar-refractivity contribution in [2.24, 2.45) is 0 Å². The first-order valence-corrected chi connectivity index (χ1v) is 16.8. The Kier molecular flexibility index (Phi) is 10.0. The van der Waals surface area contributed by atoms with E-state index in [2.05, 4.69) is 19.9 Å². The zero-order valence-electron chi connectivity index (χ0n) is 28.5. The lowest BCUT2D eigenvalue weighted by atomic mass is 9.91. The molecule has 5 heterocycles. The quantitative estimate of drug-likeness (QED) is 0.181. The van der Waals surface area contributed by atoms with Crippen LogP contribution in [0.5, 0.6) is 5.75 Å². The minimum atomic E-state index is -4.95. The molecule has 6 rings (SSSR count). The van der Waals surface area contributed by atoms with Crippen molar-refractivity contribution >= 4 is 28.9 Å². The van der Waals surface area contributed by atoms with Crippen LogP contribution in [0.1, 0.15) is 81.0 Å². The number of halogens is 3. The first-order chi connectivity index (χ1) is 23.8. The average Bonchev–Trinajstić information content (AvgIpc) is 3.43. The number of alkyl halides is 3. The van der Waals surface area contributed by atoms with E-state index in [1.807, 2.05) is 0 Å². The van der Waals surface area contributed by atoms with Crippen LogP contribution in [0.15, 0.2) is 48.8 Å². The summed E-state index contributed by atoms with van der Waals surface area (Å²) in [6, 6.07) is 9.44. The van der Waals surface area contributed by atoms with Gasteiger partial charge in [0.05, 0.1) is 23.4 Å². The molecule has 3 aromatic heterocycles. The number of pyridine rings is 1. The highest BCUT2D eigenvalue weighted by molar-refractivity contribution is 6.03. The minimum absolute atomic E-state index is 0.0386. The second-order valence-electron chi connectivity index (χ2n) is 13.3. The SMILES string of the molecule is CCOC(=O)c1ccc(-c2c(C3CCOCC3)n(C(=O)OC(C)(C)C)c3cc(OC4CCN(c5ncccn5)CC4)ccc23)nc1C(F)(F)F. The average molecular weight is 696 g/mol. The Balaban J connectivity index is 1.47. The van der Waals surface area contributed by atoms with Crippen molar-refractivity contribution < 1.29 is 41.7 Å². The Morgan fingerprint density at radius 3 is 2.32 bits per heavy atom. The van der Waals surface area contributed by atoms with E-state index in [0.717, 1.165) is 6.07 Å². The largest absolute Gasteiger partial charge is 0.490 e. The summed E-state index contributed by atoms with van der Waals surface area (Å²) in [4.78, 5) is 41.5. The highest BCUT2D eigenvalue weighted by atomic mass is 19.4. The maximum atomic E-state index is 14.4. The van der Waals surface area contributed by atoms with E-state index in [9.17, 15) is 22.8 Å². The van der Waals surface area contributed by atoms with Gasteiger partial charge < -0.3 is 23.8 Å². The third-order valence-corrected chi connectivity index (χ3v) is 8.66. The van der Waals surface area contributed by atoms with E-state index < -0.39 is 35.1 Å². The maximum absolute atomic E-state index is 14.4. The smallest absolute Gasteiger partial charge is 0.434 e. The van der Waals surface area contributed by atoms with Gasteiger partial charge in [-0.1, -0.05) is 0 Å². The maximum Gasteiger partial charge on any atom is 0.434 e. The summed E-state index contributed by atoms with van der Waals surface area (Å²) in [7, 11) is 0. The third-order valence-electron chi connectivity index (χ3n) is 8.66. The number of anilines is 1. The van der Waals surface area contributed by atoms with Crippen LogP contribution in [-0.2, 0) is 20.4 Å². The monoisotopic (exact) mass is 695 g/mol. The second-order valence-corrected chi connectivity index (χ2v) is 13.3. The first kappa shape index (κ1) is 35.1. The molecule has 0 spiro atoms. The Morgan fingerprint density at radius 2 is 1.68 bits per heavy atom. The van der Waals surface area contributed by atoms with Crippen molar-refractivity contribution in [3.8, 4) is 17.0 Å². The molecular weight excluding hydrogens is 655 g/mol. The number of rotatable bonds is 7. The topological polar surface area (TPSA) is 118 Å². The molecule has 2 aliphatic heterocycles. The fourth-order valence-electron chi connectivity index (χ4n) is 6.50. The number of hydrogen-bond acceptors (Lipinski definition) is 10. The summed E-state index contributed by atoms with van der Waals surface area (Å²) >= 11 is 0. The van der Waals surface area contributed by atoms with Crippen molar-refractivity contribution in [1.29, 1.82) is 0 Å². The molecule has 0 radical (unpaired) electrons. The van der Waals surface area contributed by atoms with E-state index in [1.165, 1.54) is 17.6 Å². The summed E-state index contributed by atoms with van der Waals surface area (Å²) in [5, 5.41) is 0.491. The number of aromatic nitrogens is 4. The van der Waals surface area contributed by atoms with E-state index in [1.54, 1.807) is 57.4 Å². The van der Waals surface area contributed by atoms with Gasteiger partial charge in [-0.05, 0) is 70.9 Å². The summed E-state index contributed by atoms with van der Waals surface area (Å²) in [5.41, 5.74) is -1.73. The highest BCUT2D eigenvalue weighted by Crippen LogP contribution is 2.44. The van der Waals surface area contributed by atoms with Crippen LogP contribution in [0.3, 0.4) is 0 Å². The Bertz CT molecular complexity index is 1840. The van der Waals surface area contributed by atoms with Crippen LogP contribution in [-0.4, -0.2) is 76.2 Å². The molecule has 0 saturated carbocycles. The zero-order chi connectivity index (χ0) is 35.6. The van der Waals surface area contributed by atoms with E-state index in [-0.39, 0.29) is 24.3 Å². The Morgan fingerprint density at radius 1 is 0.980 bits per heavy atom. The predicted octanol–water partition coefficient (Wildman–Crippen LogP) is 7.41. The highest BCUT2D eigenvalue weighted by Gasteiger charge is 2.39. The molecule has 4 aromatic rings. The van der Waals surface area contributed by atoms with Crippen molar-refractivity contribution in [2.75, 3.05) is 37.8 Å². The summed E-state index contributed by atoms with van der Waals surface area (Å²) in [6.45, 7) is 8.86. The molecular formula is C36H40F3N5O6. The van der Waals surface area contributed by atoms with Crippen LogP contribution < -0.4 is 9.64 Å². The van der Waals surface area contributed by atoms with Gasteiger partial charge >= 0.3 is 18.2 Å². The normalized spacial score (nSPS) is 16.4. The standard InChI is InChI=1S/C36H40F3N5O6/c1-5-48-32(45)26-9-10-27(42-31(26)36(37,38)39)29-25-8-7-24(49-23-11-17-43(18-12-23)33-40-15-6-16-41-33)21-28(25)44(34(46)50-35(2,3)4)30(29)22-13-19-47-20-14-22/h6-10,15-16,21-23H,5,11-14,17-20H2,1-4H3. The second kappa shape index (κ2) is 14.3. The van der Waals surface area contributed by atoms with Crippen LogP contribution in [0, 0.1) is 0 Å². The van der Waals surface area contributed by atoms with Gasteiger partial charge in [0.15, 0.2) is 5.69 Å². The third kappa shape index (κ3) is 7.54. The van der Waals surface area contributed by atoms with Crippen LogP contribution in [0.4, 0.5) is 23.9 Å².